The second-order valence-electron chi connectivity index (χ2n) is 2.65. The lowest BCUT2D eigenvalue weighted by atomic mass is 9.82. The van der Waals surface area contributed by atoms with E-state index in [1.54, 1.807) is 0 Å². The fraction of sp³-hybridized carbons (Fsp3) is 0.833. The van der Waals surface area contributed by atoms with Crippen LogP contribution in [0.4, 0.5) is 39.5 Å². The Hall–Kier alpha value is -0.630. The second-order valence-corrected chi connectivity index (χ2v) is 2.65. The normalized spacial score (nSPS) is 15.6. The summed E-state index contributed by atoms with van der Waals surface area (Å²) in [4.78, 5) is 0. The first-order valence-electron chi connectivity index (χ1n) is 3.30. The molecule has 9 heteroatoms. The number of alkyl halides is 9. The zero-order chi connectivity index (χ0) is 12.7. The van der Waals surface area contributed by atoms with Crippen LogP contribution in [-0.2, 0) is 0 Å². The summed E-state index contributed by atoms with van der Waals surface area (Å²) >= 11 is 0. The van der Waals surface area contributed by atoms with Gasteiger partial charge in [-0.2, -0.15) is 39.5 Å². The van der Waals surface area contributed by atoms with Crippen molar-refractivity contribution in [2.45, 2.75) is 24.9 Å². The maximum absolute atomic E-state index is 11.9. The topological polar surface area (TPSA) is 0 Å². The summed E-state index contributed by atoms with van der Waals surface area (Å²) in [5.41, 5.74) is -5.76. The summed E-state index contributed by atoms with van der Waals surface area (Å²) in [7, 11) is 0. The van der Waals surface area contributed by atoms with Gasteiger partial charge in [-0.25, -0.2) is 0 Å². The first kappa shape index (κ1) is 14.4. The first-order valence-corrected chi connectivity index (χ1v) is 3.30. The molecule has 0 saturated carbocycles. The SMILES string of the molecule is [CH2]CC(C(F)(F)F)(C(F)(F)F)C(F)(F)F. The van der Waals surface area contributed by atoms with Gasteiger partial charge in [0.1, 0.15) is 0 Å². The molecule has 0 unspecified atom stereocenters. The molecule has 0 rings (SSSR count). The molecule has 0 spiro atoms. The third kappa shape index (κ3) is 2.00. The van der Waals surface area contributed by atoms with Gasteiger partial charge in [-0.15, -0.1) is 0 Å². The average Bonchev–Trinajstić information content (AvgIpc) is 1.76. The van der Waals surface area contributed by atoms with Gasteiger partial charge in [-0.1, -0.05) is 6.92 Å². The first-order chi connectivity index (χ1) is 6.31. The van der Waals surface area contributed by atoms with Gasteiger partial charge in [0, 0.05) is 0 Å². The van der Waals surface area contributed by atoms with Crippen LogP contribution in [0, 0.1) is 12.3 Å². The third-order valence-corrected chi connectivity index (χ3v) is 1.83. The molecule has 0 fully saturated rings. The number of hydrogen-bond acceptors (Lipinski definition) is 0. The predicted octanol–water partition coefficient (Wildman–Crippen LogP) is 3.88. The van der Waals surface area contributed by atoms with Gasteiger partial charge in [0.05, 0.1) is 0 Å². The van der Waals surface area contributed by atoms with Crippen LogP contribution in [0.3, 0.4) is 0 Å². The van der Waals surface area contributed by atoms with E-state index >= 15 is 0 Å². The second kappa shape index (κ2) is 3.44. The number of hydrogen-bond donors (Lipinski definition) is 0. The zero-order valence-corrected chi connectivity index (χ0v) is 6.82. The Kier molecular flexibility index (Phi) is 3.30. The van der Waals surface area contributed by atoms with Crippen LogP contribution in [0.1, 0.15) is 6.42 Å². The van der Waals surface area contributed by atoms with Crippen molar-refractivity contribution in [1.82, 2.24) is 0 Å². The molecule has 0 aliphatic rings. The molecule has 0 aliphatic heterocycles. The highest BCUT2D eigenvalue weighted by Gasteiger charge is 2.82. The molecule has 0 bridgehead atoms. The van der Waals surface area contributed by atoms with E-state index in [-0.39, 0.29) is 0 Å². The van der Waals surface area contributed by atoms with Crippen LogP contribution in [0.25, 0.3) is 0 Å². The van der Waals surface area contributed by atoms with Gasteiger partial charge in [-0.3, -0.25) is 0 Å². The van der Waals surface area contributed by atoms with Gasteiger partial charge in [0.25, 0.3) is 5.41 Å². The maximum atomic E-state index is 11.9. The molecular weight excluding hydrogens is 243 g/mol. The van der Waals surface area contributed by atoms with Gasteiger partial charge < -0.3 is 0 Å². The van der Waals surface area contributed by atoms with Crippen molar-refractivity contribution in [3.8, 4) is 0 Å². The van der Waals surface area contributed by atoms with Crippen LogP contribution < -0.4 is 0 Å². The Bertz CT molecular complexity index is 180. The summed E-state index contributed by atoms with van der Waals surface area (Å²) in [5, 5.41) is 0. The van der Waals surface area contributed by atoms with E-state index in [9.17, 15) is 39.5 Å². The fourth-order valence-electron chi connectivity index (χ4n) is 0.907. The molecule has 0 aliphatic carbocycles. The quantitative estimate of drug-likeness (QED) is 0.617. The van der Waals surface area contributed by atoms with Crippen molar-refractivity contribution in [3.63, 3.8) is 0 Å². The zero-order valence-electron chi connectivity index (χ0n) is 6.82. The van der Waals surface area contributed by atoms with Crippen molar-refractivity contribution >= 4 is 0 Å². The Balaban J connectivity index is 5.78. The summed E-state index contributed by atoms with van der Waals surface area (Å²) in [6, 6.07) is 0. The summed E-state index contributed by atoms with van der Waals surface area (Å²) in [6.07, 6.45) is -21.8. The minimum Gasteiger partial charge on any atom is -0.170 e. The third-order valence-electron chi connectivity index (χ3n) is 1.83. The van der Waals surface area contributed by atoms with Crippen LogP contribution in [0.5, 0.6) is 0 Å². The summed E-state index contributed by atoms with van der Waals surface area (Å²) in [6.45, 7) is 2.10. The van der Waals surface area contributed by atoms with Crippen molar-refractivity contribution in [2.75, 3.05) is 0 Å². The molecule has 0 nitrogen and oxygen atoms in total. The van der Waals surface area contributed by atoms with Gasteiger partial charge >= 0.3 is 18.5 Å². The smallest absolute Gasteiger partial charge is 0.170 e. The number of rotatable bonds is 1. The maximum Gasteiger partial charge on any atom is 0.412 e. The number of halogens is 9. The summed E-state index contributed by atoms with van der Waals surface area (Å²) < 4.78 is 107. The molecule has 91 valence electrons. The lowest BCUT2D eigenvalue weighted by Gasteiger charge is -2.37. The Labute approximate surface area is 78.1 Å². The van der Waals surface area contributed by atoms with E-state index in [2.05, 4.69) is 6.92 Å². The molecule has 0 amide bonds. The van der Waals surface area contributed by atoms with E-state index in [1.807, 2.05) is 0 Å². The highest BCUT2D eigenvalue weighted by atomic mass is 19.4. The van der Waals surface area contributed by atoms with Crippen molar-refractivity contribution in [3.05, 3.63) is 6.92 Å². The van der Waals surface area contributed by atoms with E-state index in [0.29, 0.717) is 0 Å². The lowest BCUT2D eigenvalue weighted by molar-refractivity contribution is -0.425. The molecule has 0 aromatic rings. The minimum atomic E-state index is -6.48. The molecule has 1 radical (unpaired) electrons. The largest absolute Gasteiger partial charge is 0.412 e. The standard InChI is InChI=1S/C6H4F9/c1-2-3(4(7,8)9,5(10,11)12)6(13,14)15/h1-2H2. The molecule has 0 heterocycles. The van der Waals surface area contributed by atoms with Crippen LogP contribution in [0.15, 0.2) is 0 Å². The van der Waals surface area contributed by atoms with Crippen molar-refractivity contribution < 1.29 is 39.5 Å². The van der Waals surface area contributed by atoms with Crippen LogP contribution in [-0.4, -0.2) is 18.5 Å². The highest BCUT2D eigenvalue weighted by Crippen LogP contribution is 2.60. The lowest BCUT2D eigenvalue weighted by Crippen LogP contribution is -2.59. The molecule has 0 N–H and O–H groups in total. The fourth-order valence-corrected chi connectivity index (χ4v) is 0.907. The van der Waals surface area contributed by atoms with Gasteiger partial charge in [0.2, 0.25) is 0 Å². The molecule has 0 aromatic heterocycles. The van der Waals surface area contributed by atoms with E-state index < -0.39 is 30.4 Å². The van der Waals surface area contributed by atoms with Crippen molar-refractivity contribution in [2.24, 2.45) is 5.41 Å². The monoisotopic (exact) mass is 247 g/mol. The molecule has 0 atom stereocenters. The van der Waals surface area contributed by atoms with E-state index in [4.69, 9.17) is 0 Å². The molecular formula is C6H4F9. The van der Waals surface area contributed by atoms with Gasteiger partial charge in [-0.05, 0) is 6.42 Å². The van der Waals surface area contributed by atoms with Crippen molar-refractivity contribution in [1.29, 1.82) is 0 Å². The van der Waals surface area contributed by atoms with E-state index in [0.717, 1.165) is 0 Å². The van der Waals surface area contributed by atoms with Crippen LogP contribution >= 0.6 is 0 Å². The predicted molar refractivity (Wildman–Crippen MR) is 30.6 cm³/mol. The van der Waals surface area contributed by atoms with E-state index in [1.165, 1.54) is 0 Å². The minimum absolute atomic E-state index is 2.10. The molecule has 0 saturated heterocycles. The highest BCUT2D eigenvalue weighted by molar-refractivity contribution is 4.99. The van der Waals surface area contributed by atoms with Gasteiger partial charge in [0.15, 0.2) is 0 Å². The Morgan fingerprint density at radius 3 is 0.800 bits per heavy atom. The molecule has 15 heavy (non-hydrogen) atoms. The average molecular weight is 247 g/mol. The molecule has 0 aromatic carbocycles. The van der Waals surface area contributed by atoms with Crippen LogP contribution in [0.2, 0.25) is 0 Å². The Morgan fingerprint density at radius 1 is 0.600 bits per heavy atom. The Morgan fingerprint density at radius 2 is 0.800 bits per heavy atom. The summed E-state index contributed by atoms with van der Waals surface area (Å²) in [5.74, 6) is 0.